The van der Waals surface area contributed by atoms with Gasteiger partial charge in [-0.3, -0.25) is 14.4 Å². The maximum atomic E-state index is 15.2. The first-order valence-electron chi connectivity index (χ1n) is 24.9. The zero-order valence-corrected chi connectivity index (χ0v) is 45.8. The van der Waals surface area contributed by atoms with Gasteiger partial charge < -0.3 is 0 Å². The van der Waals surface area contributed by atoms with Crippen LogP contribution in [-0.4, -0.2) is 23.5 Å². The van der Waals surface area contributed by atoms with Crippen LogP contribution in [0.1, 0.15) is 51.8 Å². The van der Waals surface area contributed by atoms with Crippen molar-refractivity contribution in [3.63, 3.8) is 0 Å². The molecule has 0 aliphatic rings. The lowest BCUT2D eigenvalue weighted by Gasteiger charge is -2.44. The van der Waals surface area contributed by atoms with E-state index in [-0.39, 0.29) is 47.2 Å². The van der Waals surface area contributed by atoms with Crippen LogP contribution < -0.4 is 21.9 Å². The number of benzene rings is 10. The van der Waals surface area contributed by atoms with Gasteiger partial charge in [0.05, 0.1) is 38.0 Å². The largest absolute Gasteiger partial charge is 0.295 e. The summed E-state index contributed by atoms with van der Waals surface area (Å²) in [5.41, 5.74) is 8.80. The van der Waals surface area contributed by atoms with E-state index in [1.165, 1.54) is 87.5 Å². The van der Waals surface area contributed by atoms with E-state index in [1.54, 1.807) is 45.0 Å². The van der Waals surface area contributed by atoms with Crippen LogP contribution in [0.2, 0.25) is 0 Å². The minimum Gasteiger partial charge on any atom is -0.295 e. The molecule has 12 heteroatoms. The van der Waals surface area contributed by atoms with Gasteiger partial charge in [0.2, 0.25) is 7.99 Å². The van der Waals surface area contributed by atoms with Gasteiger partial charge in [-0.15, -0.1) is 0 Å². The minimum absolute atomic E-state index is 0.0211. The zero-order valence-electron chi connectivity index (χ0n) is 42.5. The minimum atomic E-state index is -2.82. The molecule has 10 aromatic rings. The van der Waals surface area contributed by atoms with Gasteiger partial charge in [-0.2, -0.15) is 21.9 Å². The zero-order chi connectivity index (χ0) is 54.8. The predicted molar refractivity (Wildman–Crippen MR) is 320 cm³/mol. The molecule has 0 bridgehead atoms. The molecule has 0 saturated carbocycles. The molecule has 0 atom stereocenters. The van der Waals surface area contributed by atoms with Crippen molar-refractivity contribution in [2.24, 2.45) is 0 Å². The molecule has 10 rings (SSSR count). The van der Waals surface area contributed by atoms with Crippen LogP contribution in [-0.2, 0) is 7.99 Å². The molecular formula is C66H49BF4O3S4. The third kappa shape index (κ3) is 12.7. The Kier molecular flexibility index (Phi) is 17.9. The number of Topliss-reactive ketones (excluding diaryl/α,β-unsaturated/α-hetero) is 3. The van der Waals surface area contributed by atoms with Crippen molar-refractivity contribution in [3.05, 3.63) is 283 Å². The van der Waals surface area contributed by atoms with Crippen molar-refractivity contribution >= 4 is 85.7 Å². The van der Waals surface area contributed by atoms with Crippen molar-refractivity contribution in [2.45, 2.75) is 35.5 Å². The highest BCUT2D eigenvalue weighted by Gasteiger charge is 2.39. The van der Waals surface area contributed by atoms with Gasteiger partial charge in [-0.05, 0) is 115 Å². The number of hydrogen-bond acceptors (Lipinski definition) is 6. The van der Waals surface area contributed by atoms with Crippen molar-refractivity contribution in [2.75, 3.05) is 0 Å². The van der Waals surface area contributed by atoms with Gasteiger partial charge in [-0.25, -0.2) is 17.6 Å². The molecule has 78 heavy (non-hydrogen) atoms. The van der Waals surface area contributed by atoms with Crippen LogP contribution in [0.3, 0.4) is 0 Å². The summed E-state index contributed by atoms with van der Waals surface area (Å²) < 4.78 is 60.7. The number of hydrogen-bond donors (Lipinski definition) is 0. The lowest BCUT2D eigenvalue weighted by molar-refractivity contribution is 0.100. The molecule has 0 radical (unpaired) electrons. The maximum absolute atomic E-state index is 15.2. The van der Waals surface area contributed by atoms with E-state index < -0.39 is 29.4 Å². The lowest BCUT2D eigenvalue weighted by Crippen LogP contribution is -2.77. The van der Waals surface area contributed by atoms with E-state index in [1.807, 2.05) is 105 Å². The van der Waals surface area contributed by atoms with Gasteiger partial charge in [0.25, 0.3) is 0 Å². The summed E-state index contributed by atoms with van der Waals surface area (Å²) in [6.45, 7) is 4.75. The lowest BCUT2D eigenvalue weighted by atomic mass is 9.12. The van der Waals surface area contributed by atoms with Gasteiger partial charge >= 0.3 is 0 Å². The van der Waals surface area contributed by atoms with Gasteiger partial charge in [-0.1, -0.05) is 182 Å². The summed E-state index contributed by atoms with van der Waals surface area (Å²) in [6, 6.07) is 72.1. The van der Waals surface area contributed by atoms with Crippen molar-refractivity contribution < 1.29 is 31.9 Å². The number of ketones is 3. The van der Waals surface area contributed by atoms with Crippen LogP contribution in [0.25, 0.3) is 33.4 Å². The molecule has 0 fully saturated rings. The second kappa shape index (κ2) is 25.2. The van der Waals surface area contributed by atoms with Gasteiger partial charge in [0.1, 0.15) is 6.15 Å². The van der Waals surface area contributed by atoms with Crippen molar-refractivity contribution in [3.8, 4) is 33.4 Å². The first kappa shape index (κ1) is 55.2. The summed E-state index contributed by atoms with van der Waals surface area (Å²) in [5.74, 6) is -2.46. The van der Waals surface area contributed by atoms with Crippen LogP contribution >= 0.6 is 32.4 Å². The highest BCUT2D eigenvalue weighted by Crippen LogP contribution is 2.50. The smallest absolute Gasteiger partial charge is 0.213 e. The summed E-state index contributed by atoms with van der Waals surface area (Å²) in [5, 5.41) is 0. The standard InChI is InChI=1S/C42H33O3S4.C24H16BF4/c1-28(43)31-4-10-34(11-5-31)37-16-22-40(23-17-37)46-49(47-41-24-18-38(19-25-41)35-12-6-32(7-13-35)29(2)44)48-42-26-20-39(21-27-42)36-14-8-33(9-15-36)30(3)45;26-21-13-5-1-9-17(21)25(18-10-2-6-14-22(18)27,19-11-3-7-15-23(19)28)20-12-4-8-16-24(20)29/h4-27H,1-3H3;1-16H/q+1;-1. The number of halogens is 4. The Labute approximate surface area is 466 Å². The maximum Gasteiger partial charge on any atom is 0.213 e. The summed E-state index contributed by atoms with van der Waals surface area (Å²) in [4.78, 5) is 38.6. The normalized spacial score (nSPS) is 11.2. The average molecular weight is 1110 g/mol. The highest BCUT2D eigenvalue weighted by atomic mass is 33.8. The molecule has 0 aromatic heterocycles. The molecule has 0 N–H and O–H groups in total. The second-order valence-electron chi connectivity index (χ2n) is 18.4. The molecule has 10 aromatic carbocycles. The molecule has 0 spiro atoms. The topological polar surface area (TPSA) is 51.2 Å². The fourth-order valence-corrected chi connectivity index (χ4v) is 18.6. The highest BCUT2D eigenvalue weighted by molar-refractivity contribution is 9.30. The van der Waals surface area contributed by atoms with Crippen molar-refractivity contribution in [1.82, 2.24) is 0 Å². The van der Waals surface area contributed by atoms with E-state index in [2.05, 4.69) is 72.8 Å². The molecule has 0 aliphatic carbocycles. The molecule has 386 valence electrons. The van der Waals surface area contributed by atoms with E-state index in [0.29, 0.717) is 16.7 Å². The van der Waals surface area contributed by atoms with Gasteiger partial charge in [0, 0.05) is 16.7 Å². The molecule has 0 heterocycles. The van der Waals surface area contributed by atoms with Crippen molar-refractivity contribution in [1.29, 1.82) is 0 Å². The fraction of sp³-hybridized carbons (Fsp3) is 0.0455. The first-order valence-corrected chi connectivity index (χ1v) is 30.1. The van der Waals surface area contributed by atoms with E-state index in [9.17, 15) is 14.4 Å². The quantitative estimate of drug-likeness (QED) is 0.0316. The number of carbonyl (C=O) groups is 3. The van der Waals surface area contributed by atoms with E-state index in [4.69, 9.17) is 0 Å². The summed E-state index contributed by atoms with van der Waals surface area (Å²) in [6.07, 6.45) is -2.82. The fourth-order valence-electron chi connectivity index (χ4n) is 9.40. The molecular weight excluding hydrogens is 1060 g/mol. The van der Waals surface area contributed by atoms with Crippen LogP contribution in [0.15, 0.2) is 257 Å². The molecule has 0 saturated heterocycles. The number of rotatable bonds is 16. The summed E-state index contributed by atoms with van der Waals surface area (Å²) in [7, 11) is 5.31. The molecule has 0 amide bonds. The Morgan fingerprint density at radius 1 is 0.295 bits per heavy atom. The van der Waals surface area contributed by atoms with Crippen LogP contribution in [0.4, 0.5) is 17.6 Å². The Morgan fingerprint density at radius 3 is 0.679 bits per heavy atom. The Hall–Kier alpha value is -7.61. The first-order chi connectivity index (χ1) is 37.8. The van der Waals surface area contributed by atoms with Crippen LogP contribution in [0, 0.1) is 23.3 Å². The predicted octanol–water partition coefficient (Wildman–Crippen LogP) is 16.0. The third-order valence-corrected chi connectivity index (χ3v) is 21.9. The second-order valence-corrected chi connectivity index (χ2v) is 27.1. The Morgan fingerprint density at radius 2 is 0.487 bits per heavy atom. The molecule has 3 nitrogen and oxygen atoms in total. The molecule has 0 aliphatic heterocycles. The van der Waals surface area contributed by atoms with Gasteiger partial charge in [0.15, 0.2) is 49.7 Å². The van der Waals surface area contributed by atoms with E-state index in [0.717, 1.165) is 33.4 Å². The average Bonchev–Trinajstić information content (AvgIpc) is 3.59. The Balaban J connectivity index is 0.000000216. The van der Waals surface area contributed by atoms with Crippen LogP contribution in [0.5, 0.6) is 0 Å². The third-order valence-electron chi connectivity index (χ3n) is 13.4. The Bertz CT molecular complexity index is 3300. The summed E-state index contributed by atoms with van der Waals surface area (Å²) >= 11 is 0. The monoisotopic (exact) mass is 1100 g/mol. The number of carbonyl (C=O) groups excluding carboxylic acids is 3. The SMILES string of the molecule is CC(=O)c1ccc(-c2ccc(S[S+](Sc3ccc(-c4ccc(C(C)=O)cc4)cc3)Sc3ccc(-c4ccc(C(C)=O)cc4)cc3)cc2)cc1.Fc1ccccc1[B-](c1ccccc1F)(c1ccccc1F)c1ccccc1F. The van der Waals surface area contributed by atoms with E-state index >= 15 is 17.6 Å². The molecule has 0 unspecified atom stereocenters.